The van der Waals surface area contributed by atoms with Crippen LogP contribution in [-0.4, -0.2) is 11.7 Å². The summed E-state index contributed by atoms with van der Waals surface area (Å²) in [5.74, 6) is 3.64. The molecule has 2 aliphatic carbocycles. The summed E-state index contributed by atoms with van der Waals surface area (Å²) in [4.78, 5) is 0. The van der Waals surface area contributed by atoms with E-state index in [4.69, 9.17) is 5.11 Å². The van der Waals surface area contributed by atoms with Gasteiger partial charge in [-0.15, -0.1) is 0 Å². The Morgan fingerprint density at radius 1 is 1.25 bits per heavy atom. The fraction of sp³-hybridized carbons (Fsp3) is 1.00. The monoisotopic (exact) mass is 224 g/mol. The lowest BCUT2D eigenvalue weighted by atomic mass is 9.51. The van der Waals surface area contributed by atoms with E-state index in [1.165, 1.54) is 32.1 Å². The van der Waals surface area contributed by atoms with Crippen molar-refractivity contribution < 1.29 is 5.11 Å². The Morgan fingerprint density at radius 3 is 2.69 bits per heavy atom. The Morgan fingerprint density at radius 2 is 2.00 bits per heavy atom. The van der Waals surface area contributed by atoms with Gasteiger partial charge in [-0.1, -0.05) is 33.6 Å². The largest absolute Gasteiger partial charge is 0.396 e. The van der Waals surface area contributed by atoms with Crippen LogP contribution in [0.4, 0.5) is 0 Å². The smallest absolute Gasteiger partial charge is 0.0431 e. The molecule has 0 aromatic carbocycles. The molecule has 2 rings (SSSR count). The highest BCUT2D eigenvalue weighted by atomic mass is 16.2. The summed E-state index contributed by atoms with van der Waals surface area (Å²) in [5.41, 5.74) is 0.525. The minimum atomic E-state index is 0.375. The molecule has 2 aliphatic rings. The van der Waals surface area contributed by atoms with Crippen LogP contribution in [-0.2, 0) is 0 Å². The van der Waals surface area contributed by atoms with Gasteiger partial charge in [0.15, 0.2) is 0 Å². The molecule has 1 heteroatoms. The van der Waals surface area contributed by atoms with E-state index >= 15 is 0 Å². The van der Waals surface area contributed by atoms with Crippen LogP contribution in [0.3, 0.4) is 0 Å². The van der Waals surface area contributed by atoms with Crippen molar-refractivity contribution in [2.75, 3.05) is 6.61 Å². The van der Waals surface area contributed by atoms with Crippen molar-refractivity contribution in [3.63, 3.8) is 0 Å². The first-order valence-corrected chi connectivity index (χ1v) is 7.18. The van der Waals surface area contributed by atoms with Gasteiger partial charge in [0.25, 0.3) is 0 Å². The van der Waals surface area contributed by atoms with Crippen LogP contribution in [0.15, 0.2) is 0 Å². The van der Waals surface area contributed by atoms with Gasteiger partial charge in [0.1, 0.15) is 0 Å². The zero-order chi connectivity index (χ0) is 11.8. The third-order valence-electron chi connectivity index (χ3n) is 5.88. The van der Waals surface area contributed by atoms with E-state index in [-0.39, 0.29) is 0 Å². The van der Waals surface area contributed by atoms with Crippen molar-refractivity contribution in [2.45, 2.75) is 59.3 Å². The molecule has 0 heterocycles. The second-order valence-electron chi connectivity index (χ2n) is 6.76. The lowest BCUT2D eigenvalue weighted by molar-refractivity contribution is -0.0508. The third kappa shape index (κ3) is 2.03. The number of hydrogen-bond donors (Lipinski definition) is 1. The molecule has 4 unspecified atom stereocenters. The molecule has 0 spiro atoms. The lowest BCUT2D eigenvalue weighted by Crippen LogP contribution is -2.46. The summed E-state index contributed by atoms with van der Waals surface area (Å²) in [6, 6.07) is 0. The van der Waals surface area contributed by atoms with Crippen LogP contribution in [0, 0.1) is 29.1 Å². The minimum absolute atomic E-state index is 0.375. The van der Waals surface area contributed by atoms with E-state index in [1.807, 2.05) is 0 Å². The molecule has 0 aromatic heterocycles. The second kappa shape index (κ2) is 4.68. The molecule has 4 atom stereocenters. The van der Waals surface area contributed by atoms with Gasteiger partial charge < -0.3 is 5.11 Å². The molecule has 16 heavy (non-hydrogen) atoms. The van der Waals surface area contributed by atoms with Gasteiger partial charge >= 0.3 is 0 Å². The lowest BCUT2D eigenvalue weighted by Gasteiger charge is -2.54. The maximum Gasteiger partial charge on any atom is 0.0431 e. The summed E-state index contributed by atoms with van der Waals surface area (Å²) < 4.78 is 0. The highest BCUT2D eigenvalue weighted by molar-refractivity contribution is 4.97. The summed E-state index contributed by atoms with van der Waals surface area (Å²) in [5, 5.41) is 9.04. The second-order valence-corrected chi connectivity index (χ2v) is 6.76. The van der Waals surface area contributed by atoms with Crippen molar-refractivity contribution in [3.05, 3.63) is 0 Å². The van der Waals surface area contributed by atoms with E-state index in [9.17, 15) is 0 Å². The summed E-state index contributed by atoms with van der Waals surface area (Å²) in [6.07, 6.45) is 8.08. The SMILES string of the molecule is CC1C(CCCO)C2CCCC(C2)C1(C)C. The third-order valence-corrected chi connectivity index (χ3v) is 5.88. The number of hydrogen-bond acceptors (Lipinski definition) is 1. The molecule has 2 bridgehead atoms. The topological polar surface area (TPSA) is 20.2 Å². The van der Waals surface area contributed by atoms with E-state index in [0.29, 0.717) is 12.0 Å². The van der Waals surface area contributed by atoms with Gasteiger partial charge in [-0.05, 0) is 54.8 Å². The molecule has 1 nitrogen and oxygen atoms in total. The van der Waals surface area contributed by atoms with Gasteiger partial charge in [-0.3, -0.25) is 0 Å². The Balaban J connectivity index is 2.11. The Labute approximate surface area is 101 Å². The molecule has 0 radical (unpaired) electrons. The highest BCUT2D eigenvalue weighted by Gasteiger charge is 2.47. The summed E-state index contributed by atoms with van der Waals surface area (Å²) in [6.45, 7) is 7.80. The van der Waals surface area contributed by atoms with Crippen LogP contribution >= 0.6 is 0 Å². The molecule has 0 saturated heterocycles. The molecular weight excluding hydrogens is 196 g/mol. The predicted molar refractivity (Wildman–Crippen MR) is 68.2 cm³/mol. The van der Waals surface area contributed by atoms with Crippen molar-refractivity contribution in [2.24, 2.45) is 29.1 Å². The molecule has 0 aliphatic heterocycles. The quantitative estimate of drug-likeness (QED) is 0.772. The predicted octanol–water partition coefficient (Wildman–Crippen LogP) is 3.86. The van der Waals surface area contributed by atoms with Gasteiger partial charge in [0, 0.05) is 6.61 Å². The average Bonchev–Trinajstić information content (AvgIpc) is 2.28. The maximum atomic E-state index is 9.04. The van der Waals surface area contributed by atoms with E-state index in [0.717, 1.165) is 30.1 Å². The number of aliphatic hydroxyl groups excluding tert-OH is 1. The summed E-state index contributed by atoms with van der Waals surface area (Å²) in [7, 11) is 0. The van der Waals surface area contributed by atoms with E-state index < -0.39 is 0 Å². The van der Waals surface area contributed by atoms with Crippen LogP contribution in [0.25, 0.3) is 0 Å². The standard InChI is InChI=1S/C15H28O/c1-11-14(8-5-9-16)12-6-4-7-13(10-12)15(11,2)3/h11-14,16H,4-10H2,1-3H3. The van der Waals surface area contributed by atoms with Gasteiger partial charge in [0.05, 0.1) is 0 Å². The number of fused-ring (bicyclic) bond motifs is 2. The van der Waals surface area contributed by atoms with Crippen molar-refractivity contribution >= 4 is 0 Å². The highest BCUT2D eigenvalue weighted by Crippen LogP contribution is 2.56. The Bertz CT molecular complexity index is 234. The molecule has 2 fully saturated rings. The van der Waals surface area contributed by atoms with E-state index in [2.05, 4.69) is 20.8 Å². The normalized spacial score (nSPS) is 42.0. The van der Waals surface area contributed by atoms with Gasteiger partial charge in [0.2, 0.25) is 0 Å². The van der Waals surface area contributed by atoms with Gasteiger partial charge in [-0.2, -0.15) is 0 Å². The van der Waals surface area contributed by atoms with Crippen LogP contribution in [0.1, 0.15) is 59.3 Å². The first-order valence-electron chi connectivity index (χ1n) is 7.18. The molecule has 2 saturated carbocycles. The summed E-state index contributed by atoms with van der Waals surface area (Å²) >= 11 is 0. The van der Waals surface area contributed by atoms with E-state index in [1.54, 1.807) is 0 Å². The minimum Gasteiger partial charge on any atom is -0.396 e. The molecule has 0 aromatic rings. The van der Waals surface area contributed by atoms with Crippen molar-refractivity contribution in [1.29, 1.82) is 0 Å². The maximum absolute atomic E-state index is 9.04. The fourth-order valence-electron chi connectivity index (χ4n) is 4.44. The zero-order valence-corrected chi connectivity index (χ0v) is 11.2. The van der Waals surface area contributed by atoms with Gasteiger partial charge in [-0.25, -0.2) is 0 Å². The van der Waals surface area contributed by atoms with Crippen molar-refractivity contribution in [3.8, 4) is 0 Å². The molecular formula is C15H28O. The van der Waals surface area contributed by atoms with Crippen LogP contribution in [0.2, 0.25) is 0 Å². The van der Waals surface area contributed by atoms with Crippen molar-refractivity contribution in [1.82, 2.24) is 0 Å². The Hall–Kier alpha value is -0.0400. The van der Waals surface area contributed by atoms with Crippen LogP contribution in [0.5, 0.6) is 0 Å². The first-order chi connectivity index (χ1) is 7.57. The first kappa shape index (κ1) is 12.4. The number of rotatable bonds is 3. The molecule has 0 amide bonds. The Kier molecular flexibility index (Phi) is 3.63. The zero-order valence-electron chi connectivity index (χ0n) is 11.2. The molecule has 94 valence electrons. The van der Waals surface area contributed by atoms with Crippen LogP contribution < -0.4 is 0 Å². The fourth-order valence-corrected chi connectivity index (χ4v) is 4.44. The molecule has 1 N–H and O–H groups in total. The average molecular weight is 224 g/mol. The number of aliphatic hydroxyl groups is 1.